The van der Waals surface area contributed by atoms with Crippen molar-refractivity contribution in [1.82, 2.24) is 5.32 Å². The maximum absolute atomic E-state index is 13.8. The summed E-state index contributed by atoms with van der Waals surface area (Å²) in [5.41, 5.74) is 1.95. The summed E-state index contributed by atoms with van der Waals surface area (Å²) < 4.78 is 18.9. The molecule has 4 heteroatoms. The Morgan fingerprint density at radius 1 is 1.36 bits per heavy atom. The monoisotopic (exact) mass is 302 g/mol. The Labute approximate surface area is 131 Å². The van der Waals surface area contributed by atoms with Gasteiger partial charge in [0.1, 0.15) is 5.82 Å². The first kappa shape index (κ1) is 15.1. The van der Waals surface area contributed by atoms with Crippen molar-refractivity contribution in [2.75, 3.05) is 24.5 Å². The van der Waals surface area contributed by atoms with Crippen LogP contribution in [0.3, 0.4) is 0 Å². The predicted molar refractivity (Wildman–Crippen MR) is 86.6 cm³/mol. The Hall–Kier alpha value is -1.81. The van der Waals surface area contributed by atoms with Gasteiger partial charge in [0.25, 0.3) is 0 Å². The minimum atomic E-state index is -0.121. The van der Waals surface area contributed by atoms with Gasteiger partial charge in [0, 0.05) is 19.1 Å². The molecule has 3 rings (SSSR count). The molecule has 0 amide bonds. The van der Waals surface area contributed by atoms with Crippen LogP contribution in [-0.4, -0.2) is 25.7 Å². The Morgan fingerprint density at radius 2 is 2.23 bits per heavy atom. The van der Waals surface area contributed by atoms with Crippen molar-refractivity contribution in [1.29, 1.82) is 0 Å². The Bertz CT molecular complexity index is 585. The average Bonchev–Trinajstić information content (AvgIpc) is 3.17. The molecule has 2 unspecified atom stereocenters. The van der Waals surface area contributed by atoms with Gasteiger partial charge in [-0.05, 0) is 56.0 Å². The van der Waals surface area contributed by atoms with E-state index in [9.17, 15) is 4.39 Å². The van der Waals surface area contributed by atoms with Crippen LogP contribution in [0.1, 0.15) is 18.9 Å². The third-order valence-corrected chi connectivity index (χ3v) is 4.36. The lowest BCUT2D eigenvalue weighted by Crippen LogP contribution is -2.33. The molecule has 0 aliphatic carbocycles. The van der Waals surface area contributed by atoms with Gasteiger partial charge < -0.3 is 14.6 Å². The number of nitrogens with zero attached hydrogens (tertiary/aromatic N) is 1. The molecule has 2 heterocycles. The fourth-order valence-corrected chi connectivity index (χ4v) is 3.13. The molecule has 0 radical (unpaired) electrons. The SMILES string of the molecule is CC(Cc1ccoc1)NCC1CCN(c2ccccc2F)C1. The standard InChI is InChI=1S/C18H23FN2O/c1-14(10-15-7-9-22-13-15)20-11-16-6-8-21(12-16)18-5-3-2-4-17(18)19/h2-5,7,9,13-14,16,20H,6,8,10-12H2,1H3. The average molecular weight is 302 g/mol. The molecule has 1 aliphatic rings. The van der Waals surface area contributed by atoms with Crippen molar-refractivity contribution >= 4 is 5.69 Å². The van der Waals surface area contributed by atoms with Crippen LogP contribution in [-0.2, 0) is 6.42 Å². The van der Waals surface area contributed by atoms with Crippen molar-refractivity contribution in [2.45, 2.75) is 25.8 Å². The zero-order valence-electron chi connectivity index (χ0n) is 13.0. The second-order valence-electron chi connectivity index (χ2n) is 6.20. The molecule has 1 saturated heterocycles. The minimum absolute atomic E-state index is 0.121. The lowest BCUT2D eigenvalue weighted by Gasteiger charge is -2.20. The first-order chi connectivity index (χ1) is 10.7. The van der Waals surface area contributed by atoms with Crippen molar-refractivity contribution in [3.63, 3.8) is 0 Å². The smallest absolute Gasteiger partial charge is 0.146 e. The van der Waals surface area contributed by atoms with Gasteiger partial charge in [-0.15, -0.1) is 0 Å². The Balaban J connectivity index is 1.46. The summed E-state index contributed by atoms with van der Waals surface area (Å²) in [6, 6.07) is 9.47. The van der Waals surface area contributed by atoms with Crippen LogP contribution < -0.4 is 10.2 Å². The van der Waals surface area contributed by atoms with E-state index in [-0.39, 0.29) is 5.82 Å². The van der Waals surface area contributed by atoms with Crippen LogP contribution in [0.4, 0.5) is 10.1 Å². The summed E-state index contributed by atoms with van der Waals surface area (Å²) in [5.74, 6) is 0.454. The van der Waals surface area contributed by atoms with Gasteiger partial charge in [-0.3, -0.25) is 0 Å². The van der Waals surface area contributed by atoms with Crippen LogP contribution in [0.25, 0.3) is 0 Å². The molecule has 0 bridgehead atoms. The van der Waals surface area contributed by atoms with Gasteiger partial charge in [-0.1, -0.05) is 12.1 Å². The third-order valence-electron chi connectivity index (χ3n) is 4.36. The van der Waals surface area contributed by atoms with Crippen molar-refractivity contribution in [2.24, 2.45) is 5.92 Å². The van der Waals surface area contributed by atoms with Crippen LogP contribution in [0, 0.1) is 11.7 Å². The highest BCUT2D eigenvalue weighted by Gasteiger charge is 2.24. The number of nitrogens with one attached hydrogen (secondary N) is 1. The van der Waals surface area contributed by atoms with Gasteiger partial charge in [-0.25, -0.2) is 4.39 Å². The molecular weight excluding hydrogens is 279 g/mol. The molecule has 1 aromatic carbocycles. The maximum atomic E-state index is 13.8. The summed E-state index contributed by atoms with van der Waals surface area (Å²) in [6.45, 7) is 5.02. The highest BCUT2D eigenvalue weighted by Crippen LogP contribution is 2.25. The minimum Gasteiger partial charge on any atom is -0.472 e. The van der Waals surface area contributed by atoms with Gasteiger partial charge in [0.2, 0.25) is 0 Å². The quantitative estimate of drug-likeness (QED) is 0.886. The summed E-state index contributed by atoms with van der Waals surface area (Å²) in [4.78, 5) is 2.16. The van der Waals surface area contributed by atoms with E-state index in [4.69, 9.17) is 4.42 Å². The zero-order chi connectivity index (χ0) is 15.4. The van der Waals surface area contributed by atoms with E-state index < -0.39 is 0 Å². The molecule has 1 aliphatic heterocycles. The summed E-state index contributed by atoms with van der Waals surface area (Å²) in [7, 11) is 0. The number of hydrogen-bond donors (Lipinski definition) is 1. The number of halogens is 1. The molecule has 1 aromatic heterocycles. The van der Waals surface area contributed by atoms with Gasteiger partial charge in [0.15, 0.2) is 0 Å². The van der Waals surface area contributed by atoms with Crippen LogP contribution >= 0.6 is 0 Å². The van der Waals surface area contributed by atoms with E-state index in [0.29, 0.717) is 12.0 Å². The van der Waals surface area contributed by atoms with E-state index in [1.807, 2.05) is 18.2 Å². The summed E-state index contributed by atoms with van der Waals surface area (Å²) in [5, 5.41) is 3.59. The maximum Gasteiger partial charge on any atom is 0.146 e. The lowest BCUT2D eigenvalue weighted by molar-refractivity contribution is 0.460. The number of anilines is 1. The number of benzene rings is 1. The zero-order valence-corrected chi connectivity index (χ0v) is 13.0. The molecule has 118 valence electrons. The fraction of sp³-hybridized carbons (Fsp3) is 0.444. The summed E-state index contributed by atoms with van der Waals surface area (Å²) in [6.07, 6.45) is 5.60. The van der Waals surface area contributed by atoms with E-state index in [1.54, 1.807) is 18.6 Å². The van der Waals surface area contributed by atoms with Crippen LogP contribution in [0.2, 0.25) is 0 Å². The van der Waals surface area contributed by atoms with Crippen LogP contribution in [0.5, 0.6) is 0 Å². The fourth-order valence-electron chi connectivity index (χ4n) is 3.13. The molecular formula is C18H23FN2O. The molecule has 22 heavy (non-hydrogen) atoms. The molecule has 1 fully saturated rings. The van der Waals surface area contributed by atoms with E-state index in [2.05, 4.69) is 17.1 Å². The third kappa shape index (κ3) is 3.69. The molecule has 0 spiro atoms. The number of rotatable bonds is 6. The van der Waals surface area contributed by atoms with Crippen molar-refractivity contribution in [3.8, 4) is 0 Å². The topological polar surface area (TPSA) is 28.4 Å². The first-order valence-corrected chi connectivity index (χ1v) is 7.96. The number of para-hydroxylation sites is 1. The number of furan rings is 1. The second-order valence-corrected chi connectivity index (χ2v) is 6.20. The summed E-state index contributed by atoms with van der Waals surface area (Å²) >= 11 is 0. The van der Waals surface area contributed by atoms with Gasteiger partial charge in [0.05, 0.1) is 18.2 Å². The molecule has 1 N–H and O–H groups in total. The predicted octanol–water partition coefficient (Wildman–Crippen LogP) is 3.47. The van der Waals surface area contributed by atoms with Gasteiger partial charge in [-0.2, -0.15) is 0 Å². The Kier molecular flexibility index (Phi) is 4.78. The molecule has 2 aromatic rings. The normalized spacial score (nSPS) is 19.5. The van der Waals surface area contributed by atoms with E-state index in [0.717, 1.165) is 38.2 Å². The number of hydrogen-bond acceptors (Lipinski definition) is 3. The molecule has 2 atom stereocenters. The largest absolute Gasteiger partial charge is 0.472 e. The Morgan fingerprint density at radius 3 is 3.00 bits per heavy atom. The second kappa shape index (κ2) is 6.97. The lowest BCUT2D eigenvalue weighted by atomic mass is 10.1. The van der Waals surface area contributed by atoms with Crippen LogP contribution in [0.15, 0.2) is 47.3 Å². The van der Waals surface area contributed by atoms with Crippen molar-refractivity contribution in [3.05, 3.63) is 54.2 Å². The highest BCUT2D eigenvalue weighted by molar-refractivity contribution is 5.48. The van der Waals surface area contributed by atoms with E-state index in [1.165, 1.54) is 11.6 Å². The van der Waals surface area contributed by atoms with Gasteiger partial charge >= 0.3 is 0 Å². The van der Waals surface area contributed by atoms with E-state index >= 15 is 0 Å². The van der Waals surface area contributed by atoms with Crippen molar-refractivity contribution < 1.29 is 8.81 Å². The first-order valence-electron chi connectivity index (χ1n) is 7.96. The molecule has 0 saturated carbocycles. The highest BCUT2D eigenvalue weighted by atomic mass is 19.1. The molecule has 3 nitrogen and oxygen atoms in total.